The van der Waals surface area contributed by atoms with Crippen LogP contribution in [0.25, 0.3) is 0 Å². The van der Waals surface area contributed by atoms with E-state index in [-0.39, 0.29) is 17.7 Å². The van der Waals surface area contributed by atoms with Crippen LogP contribution < -0.4 is 5.32 Å². The molecule has 1 unspecified atom stereocenters. The van der Waals surface area contributed by atoms with Crippen molar-refractivity contribution in [3.8, 4) is 0 Å². The van der Waals surface area contributed by atoms with Crippen molar-refractivity contribution in [3.63, 3.8) is 0 Å². The molecular formula is C18H22N2O. The number of benzene rings is 1. The smallest absolute Gasteiger partial charge is 0.228 e. The number of nitrogens with one attached hydrogen (secondary N) is 1. The topological polar surface area (TPSA) is 42.0 Å². The molecule has 1 amide bonds. The molecule has 0 fully saturated rings. The molecule has 1 heterocycles. The van der Waals surface area contributed by atoms with E-state index in [2.05, 4.69) is 43.2 Å². The number of hydrogen-bond donors (Lipinski definition) is 1. The Balaban J connectivity index is 2.07. The van der Waals surface area contributed by atoms with Crippen molar-refractivity contribution < 1.29 is 4.79 Å². The van der Waals surface area contributed by atoms with Gasteiger partial charge in [0.25, 0.3) is 0 Å². The molecule has 0 saturated carbocycles. The van der Waals surface area contributed by atoms with Gasteiger partial charge < -0.3 is 5.32 Å². The number of rotatable bonds is 5. The van der Waals surface area contributed by atoms with E-state index in [1.54, 1.807) is 12.4 Å². The zero-order chi connectivity index (χ0) is 15.2. The van der Waals surface area contributed by atoms with E-state index in [9.17, 15) is 4.79 Å². The molecule has 21 heavy (non-hydrogen) atoms. The lowest BCUT2D eigenvalue weighted by Gasteiger charge is -2.21. The van der Waals surface area contributed by atoms with Gasteiger partial charge in [0.15, 0.2) is 0 Å². The minimum absolute atomic E-state index is 0.0747. The summed E-state index contributed by atoms with van der Waals surface area (Å²) in [6.45, 7) is 6.75. The van der Waals surface area contributed by atoms with Crippen LogP contribution in [0.2, 0.25) is 0 Å². The molecule has 1 aromatic heterocycles. The molecule has 0 aliphatic carbocycles. The first-order chi connectivity index (χ1) is 10.1. The van der Waals surface area contributed by atoms with E-state index < -0.39 is 0 Å². The minimum Gasteiger partial charge on any atom is -0.351 e. The Morgan fingerprint density at radius 1 is 1.10 bits per heavy atom. The van der Waals surface area contributed by atoms with Crippen LogP contribution in [0.5, 0.6) is 0 Å². The minimum atomic E-state index is -0.118. The van der Waals surface area contributed by atoms with Crippen molar-refractivity contribution in [1.29, 1.82) is 0 Å². The summed E-state index contributed by atoms with van der Waals surface area (Å²) in [5, 5.41) is 3.03. The zero-order valence-electron chi connectivity index (χ0n) is 12.8. The molecule has 0 saturated heterocycles. The Morgan fingerprint density at radius 3 is 2.29 bits per heavy atom. The molecule has 0 spiro atoms. The Labute approximate surface area is 126 Å². The lowest BCUT2D eigenvalue weighted by Crippen LogP contribution is -2.31. The zero-order valence-corrected chi connectivity index (χ0v) is 12.8. The second kappa shape index (κ2) is 7.02. The first-order valence-corrected chi connectivity index (χ1v) is 7.31. The van der Waals surface area contributed by atoms with Gasteiger partial charge in [-0.1, -0.05) is 43.7 Å². The fourth-order valence-corrected chi connectivity index (χ4v) is 2.41. The van der Waals surface area contributed by atoms with Crippen LogP contribution in [0.4, 0.5) is 0 Å². The molecule has 0 aliphatic heterocycles. The van der Waals surface area contributed by atoms with Gasteiger partial charge in [-0.3, -0.25) is 9.78 Å². The lowest BCUT2D eigenvalue weighted by atomic mass is 9.87. The molecule has 1 atom stereocenters. The van der Waals surface area contributed by atoms with Gasteiger partial charge in [-0.05, 0) is 36.1 Å². The number of aromatic nitrogens is 1. The van der Waals surface area contributed by atoms with Crippen LogP contribution in [0, 0.1) is 12.8 Å². The summed E-state index contributed by atoms with van der Waals surface area (Å²) >= 11 is 0. The van der Waals surface area contributed by atoms with Gasteiger partial charge in [-0.2, -0.15) is 0 Å². The molecule has 0 radical (unpaired) electrons. The number of amides is 1. The van der Waals surface area contributed by atoms with E-state index in [1.807, 2.05) is 24.3 Å². The maximum atomic E-state index is 12.5. The molecule has 1 aromatic carbocycles. The molecule has 3 nitrogen and oxygen atoms in total. The third-order valence-electron chi connectivity index (χ3n) is 3.60. The Hall–Kier alpha value is -2.16. The maximum absolute atomic E-state index is 12.5. The third kappa shape index (κ3) is 4.15. The van der Waals surface area contributed by atoms with E-state index in [1.165, 1.54) is 5.56 Å². The van der Waals surface area contributed by atoms with Gasteiger partial charge in [0.1, 0.15) is 0 Å². The first kappa shape index (κ1) is 15.2. The highest BCUT2D eigenvalue weighted by atomic mass is 16.1. The summed E-state index contributed by atoms with van der Waals surface area (Å²) < 4.78 is 0. The first-order valence-electron chi connectivity index (χ1n) is 7.31. The highest BCUT2D eigenvalue weighted by Crippen LogP contribution is 2.25. The van der Waals surface area contributed by atoms with Gasteiger partial charge in [-0.15, -0.1) is 0 Å². The number of carbonyl (C=O) groups is 1. The van der Waals surface area contributed by atoms with E-state index in [0.29, 0.717) is 6.54 Å². The van der Waals surface area contributed by atoms with Crippen molar-refractivity contribution in [2.45, 2.75) is 33.2 Å². The number of nitrogens with zero attached hydrogens (tertiary/aromatic N) is 1. The number of aryl methyl sites for hydroxylation is 1. The summed E-state index contributed by atoms with van der Waals surface area (Å²) in [7, 11) is 0. The summed E-state index contributed by atoms with van der Waals surface area (Å²) in [6.07, 6.45) is 3.47. The summed E-state index contributed by atoms with van der Waals surface area (Å²) in [5.74, 6) is 0.211. The second-order valence-electron chi connectivity index (χ2n) is 5.71. The van der Waals surface area contributed by atoms with Gasteiger partial charge in [0.05, 0.1) is 5.92 Å². The average Bonchev–Trinajstić information content (AvgIpc) is 2.48. The fraction of sp³-hybridized carbons (Fsp3) is 0.333. The van der Waals surface area contributed by atoms with Crippen LogP contribution in [-0.2, 0) is 11.3 Å². The van der Waals surface area contributed by atoms with E-state index >= 15 is 0 Å². The highest BCUT2D eigenvalue weighted by molar-refractivity contribution is 5.83. The van der Waals surface area contributed by atoms with Gasteiger partial charge in [0, 0.05) is 18.9 Å². The predicted molar refractivity (Wildman–Crippen MR) is 84.8 cm³/mol. The maximum Gasteiger partial charge on any atom is 0.228 e. The summed E-state index contributed by atoms with van der Waals surface area (Å²) in [4.78, 5) is 16.5. The Bertz CT molecular complexity index is 576. The molecule has 0 aliphatic rings. The third-order valence-corrected chi connectivity index (χ3v) is 3.60. The van der Waals surface area contributed by atoms with E-state index in [0.717, 1.165) is 11.1 Å². The van der Waals surface area contributed by atoms with Crippen molar-refractivity contribution in [1.82, 2.24) is 10.3 Å². The van der Waals surface area contributed by atoms with Crippen LogP contribution in [0.15, 0.2) is 48.8 Å². The molecule has 0 bridgehead atoms. The summed E-state index contributed by atoms with van der Waals surface area (Å²) in [6, 6.07) is 12.0. The van der Waals surface area contributed by atoms with Crippen molar-refractivity contribution in [3.05, 3.63) is 65.5 Å². The number of carbonyl (C=O) groups excluding carboxylic acids is 1. The SMILES string of the molecule is Cc1ccc(C(C(=O)NCc2ccncc2)C(C)C)cc1. The fourth-order valence-electron chi connectivity index (χ4n) is 2.41. The van der Waals surface area contributed by atoms with Crippen molar-refractivity contribution in [2.75, 3.05) is 0 Å². The van der Waals surface area contributed by atoms with Crippen LogP contribution in [0.3, 0.4) is 0 Å². The average molecular weight is 282 g/mol. The molecule has 2 rings (SSSR count). The number of pyridine rings is 1. The Kier molecular flexibility index (Phi) is 5.09. The van der Waals surface area contributed by atoms with Crippen LogP contribution >= 0.6 is 0 Å². The normalized spacial score (nSPS) is 12.2. The highest BCUT2D eigenvalue weighted by Gasteiger charge is 2.23. The lowest BCUT2D eigenvalue weighted by molar-refractivity contribution is -0.123. The van der Waals surface area contributed by atoms with E-state index in [4.69, 9.17) is 0 Å². The van der Waals surface area contributed by atoms with Gasteiger partial charge in [-0.25, -0.2) is 0 Å². The predicted octanol–water partition coefficient (Wildman–Crippen LogP) is 3.45. The van der Waals surface area contributed by atoms with Crippen molar-refractivity contribution in [2.24, 2.45) is 5.92 Å². The van der Waals surface area contributed by atoms with Gasteiger partial charge >= 0.3 is 0 Å². The second-order valence-corrected chi connectivity index (χ2v) is 5.71. The molecule has 1 N–H and O–H groups in total. The number of hydrogen-bond acceptors (Lipinski definition) is 2. The summed E-state index contributed by atoms with van der Waals surface area (Å²) in [5.41, 5.74) is 3.34. The molecule has 110 valence electrons. The Morgan fingerprint density at radius 2 is 1.71 bits per heavy atom. The monoisotopic (exact) mass is 282 g/mol. The van der Waals surface area contributed by atoms with Crippen LogP contribution in [0.1, 0.15) is 36.5 Å². The molecular weight excluding hydrogens is 260 g/mol. The molecule has 2 aromatic rings. The van der Waals surface area contributed by atoms with Crippen molar-refractivity contribution >= 4 is 5.91 Å². The quantitative estimate of drug-likeness (QED) is 0.912. The van der Waals surface area contributed by atoms with Crippen LogP contribution in [-0.4, -0.2) is 10.9 Å². The van der Waals surface area contributed by atoms with Gasteiger partial charge in [0.2, 0.25) is 5.91 Å². The molecule has 3 heteroatoms. The largest absolute Gasteiger partial charge is 0.351 e. The standard InChI is InChI=1S/C18H22N2O/c1-13(2)17(16-6-4-14(3)5-7-16)18(21)20-12-15-8-10-19-11-9-15/h4-11,13,17H,12H2,1-3H3,(H,20,21).